The Kier molecular flexibility index (Phi) is 4.21. The maximum atomic E-state index is 5.99. The molecule has 0 fully saturated rings. The third kappa shape index (κ3) is 3.01. The maximum absolute atomic E-state index is 5.99. The fraction of sp³-hybridized carbons (Fsp3) is 0.286. The number of H-pyrrole nitrogens is 1. The van der Waals surface area contributed by atoms with Crippen molar-refractivity contribution < 1.29 is 9.47 Å². The summed E-state index contributed by atoms with van der Waals surface area (Å²) >= 11 is 0. The SMILES string of the molecule is Cc1nn(C)c2c1/C=C/c1[nH]nc3ccc(cc13)-c1cnn(C)c1COCCO2. The monoisotopic (exact) mass is 390 g/mol. The van der Waals surface area contributed by atoms with Crippen LogP contribution in [0.3, 0.4) is 0 Å². The zero-order chi connectivity index (χ0) is 20.0. The summed E-state index contributed by atoms with van der Waals surface area (Å²) in [4.78, 5) is 0. The van der Waals surface area contributed by atoms with E-state index in [9.17, 15) is 0 Å². The number of hydrogen-bond acceptors (Lipinski definition) is 5. The Hall–Kier alpha value is -3.39. The van der Waals surface area contributed by atoms with Gasteiger partial charge in [-0.1, -0.05) is 6.07 Å². The summed E-state index contributed by atoms with van der Waals surface area (Å²) < 4.78 is 15.5. The molecule has 0 spiro atoms. The van der Waals surface area contributed by atoms with Crippen LogP contribution in [0.1, 0.15) is 22.6 Å². The van der Waals surface area contributed by atoms with Crippen molar-refractivity contribution in [1.29, 1.82) is 0 Å². The van der Waals surface area contributed by atoms with Crippen LogP contribution in [0.4, 0.5) is 0 Å². The van der Waals surface area contributed by atoms with Crippen LogP contribution in [0, 0.1) is 6.92 Å². The number of aromatic nitrogens is 6. The summed E-state index contributed by atoms with van der Waals surface area (Å²) in [6, 6.07) is 6.24. The molecule has 0 saturated carbocycles. The third-order valence-corrected chi connectivity index (χ3v) is 5.29. The number of nitrogens with one attached hydrogen (secondary N) is 1. The van der Waals surface area contributed by atoms with Gasteiger partial charge in [-0.2, -0.15) is 15.3 Å². The number of benzene rings is 1. The number of aromatic amines is 1. The van der Waals surface area contributed by atoms with E-state index in [1.807, 2.05) is 50.1 Å². The second-order valence-electron chi connectivity index (χ2n) is 7.16. The molecule has 4 heterocycles. The van der Waals surface area contributed by atoms with Gasteiger partial charge in [-0.3, -0.25) is 9.78 Å². The van der Waals surface area contributed by atoms with Gasteiger partial charge in [0.25, 0.3) is 0 Å². The summed E-state index contributed by atoms with van der Waals surface area (Å²) in [5.74, 6) is 0.725. The van der Waals surface area contributed by atoms with Gasteiger partial charge in [0.15, 0.2) is 0 Å². The third-order valence-electron chi connectivity index (χ3n) is 5.29. The Morgan fingerprint density at radius 2 is 2.00 bits per heavy atom. The molecule has 8 heteroatoms. The number of aryl methyl sites for hydroxylation is 3. The van der Waals surface area contributed by atoms with Crippen LogP contribution < -0.4 is 4.74 Å². The molecule has 5 rings (SSSR count). The molecule has 3 aromatic heterocycles. The van der Waals surface area contributed by atoms with Crippen LogP contribution >= 0.6 is 0 Å². The van der Waals surface area contributed by atoms with Crippen molar-refractivity contribution in [2.75, 3.05) is 13.2 Å². The Morgan fingerprint density at radius 3 is 2.90 bits per heavy atom. The number of fused-ring (bicyclic) bond motifs is 4. The van der Waals surface area contributed by atoms with Crippen molar-refractivity contribution in [1.82, 2.24) is 29.8 Å². The first kappa shape index (κ1) is 17.7. The van der Waals surface area contributed by atoms with E-state index < -0.39 is 0 Å². The average Bonchev–Trinajstić information content (AvgIpc) is 3.35. The Bertz CT molecular complexity index is 1230. The molecule has 2 bridgehead atoms. The van der Waals surface area contributed by atoms with Gasteiger partial charge in [0.2, 0.25) is 5.88 Å². The van der Waals surface area contributed by atoms with Gasteiger partial charge in [0.05, 0.1) is 47.6 Å². The lowest BCUT2D eigenvalue weighted by Gasteiger charge is -2.10. The normalized spacial score (nSPS) is 15.4. The molecule has 0 atom stereocenters. The molecular weight excluding hydrogens is 368 g/mol. The van der Waals surface area contributed by atoms with Gasteiger partial charge in [-0.05, 0) is 36.8 Å². The minimum Gasteiger partial charge on any atom is -0.475 e. The molecule has 1 aromatic carbocycles. The predicted molar refractivity (Wildman–Crippen MR) is 110 cm³/mol. The van der Waals surface area contributed by atoms with Crippen LogP contribution in [0.2, 0.25) is 0 Å². The lowest BCUT2D eigenvalue weighted by molar-refractivity contribution is 0.0825. The van der Waals surface area contributed by atoms with Gasteiger partial charge in [-0.15, -0.1) is 0 Å². The molecule has 0 saturated heterocycles. The van der Waals surface area contributed by atoms with Gasteiger partial charge in [-0.25, -0.2) is 4.68 Å². The molecule has 0 amide bonds. The summed E-state index contributed by atoms with van der Waals surface area (Å²) in [7, 11) is 3.82. The zero-order valence-corrected chi connectivity index (χ0v) is 16.6. The van der Waals surface area contributed by atoms with E-state index in [0.717, 1.165) is 50.6 Å². The zero-order valence-electron chi connectivity index (χ0n) is 16.6. The quantitative estimate of drug-likeness (QED) is 0.499. The second-order valence-corrected chi connectivity index (χ2v) is 7.16. The molecule has 29 heavy (non-hydrogen) atoms. The Labute approximate surface area is 167 Å². The van der Waals surface area contributed by atoms with Gasteiger partial charge >= 0.3 is 0 Å². The predicted octanol–water partition coefficient (Wildman–Crippen LogP) is 3.08. The Morgan fingerprint density at radius 1 is 1.10 bits per heavy atom. The highest BCUT2D eigenvalue weighted by molar-refractivity contribution is 5.93. The van der Waals surface area contributed by atoms with E-state index in [2.05, 4.69) is 32.5 Å². The molecular formula is C21H22N6O2. The first-order valence-corrected chi connectivity index (χ1v) is 9.53. The summed E-state index contributed by atoms with van der Waals surface area (Å²) in [6.45, 7) is 3.35. The lowest BCUT2D eigenvalue weighted by atomic mass is 10.0. The first-order chi connectivity index (χ1) is 14.1. The number of hydrogen-bond donors (Lipinski definition) is 1. The summed E-state index contributed by atoms with van der Waals surface area (Å²) in [6.07, 6.45) is 5.93. The number of ether oxygens (including phenoxy) is 2. The van der Waals surface area contributed by atoms with Crippen LogP contribution in [0.25, 0.3) is 34.2 Å². The summed E-state index contributed by atoms with van der Waals surface area (Å²) in [5, 5.41) is 17.5. The van der Waals surface area contributed by atoms with E-state index in [0.29, 0.717) is 19.8 Å². The highest BCUT2D eigenvalue weighted by atomic mass is 16.5. The second kappa shape index (κ2) is 6.89. The smallest absolute Gasteiger partial charge is 0.219 e. The molecule has 4 aromatic rings. The topological polar surface area (TPSA) is 82.8 Å². The van der Waals surface area contributed by atoms with Gasteiger partial charge in [0.1, 0.15) is 6.61 Å². The van der Waals surface area contributed by atoms with Crippen LogP contribution in [0.5, 0.6) is 5.88 Å². The first-order valence-electron chi connectivity index (χ1n) is 9.53. The maximum Gasteiger partial charge on any atom is 0.219 e. The fourth-order valence-corrected chi connectivity index (χ4v) is 3.75. The highest BCUT2D eigenvalue weighted by Gasteiger charge is 2.16. The summed E-state index contributed by atoms with van der Waals surface area (Å²) in [5.41, 5.74) is 6.89. The lowest BCUT2D eigenvalue weighted by Crippen LogP contribution is -2.11. The van der Waals surface area contributed by atoms with E-state index in [4.69, 9.17) is 9.47 Å². The van der Waals surface area contributed by atoms with Crippen LogP contribution in [-0.2, 0) is 25.4 Å². The van der Waals surface area contributed by atoms with E-state index >= 15 is 0 Å². The van der Waals surface area contributed by atoms with Crippen LogP contribution in [-0.4, -0.2) is 43.0 Å². The van der Waals surface area contributed by atoms with E-state index in [1.54, 1.807) is 4.68 Å². The Balaban J connectivity index is 1.67. The molecule has 0 unspecified atom stereocenters. The molecule has 0 radical (unpaired) electrons. The molecule has 0 aliphatic carbocycles. The largest absolute Gasteiger partial charge is 0.475 e. The molecule has 1 aliphatic rings. The van der Waals surface area contributed by atoms with Crippen molar-refractivity contribution in [2.45, 2.75) is 13.5 Å². The molecule has 8 nitrogen and oxygen atoms in total. The molecule has 148 valence electrons. The molecule has 1 aliphatic heterocycles. The minimum atomic E-state index is 0.440. The van der Waals surface area contributed by atoms with E-state index in [1.165, 1.54) is 0 Å². The van der Waals surface area contributed by atoms with Crippen molar-refractivity contribution in [2.24, 2.45) is 14.1 Å². The van der Waals surface area contributed by atoms with Gasteiger partial charge in [0, 0.05) is 25.0 Å². The van der Waals surface area contributed by atoms with Crippen LogP contribution in [0.15, 0.2) is 24.4 Å². The van der Waals surface area contributed by atoms with Crippen molar-refractivity contribution in [3.05, 3.63) is 47.0 Å². The van der Waals surface area contributed by atoms with Crippen molar-refractivity contribution in [3.63, 3.8) is 0 Å². The van der Waals surface area contributed by atoms with Crippen molar-refractivity contribution >= 4 is 23.1 Å². The number of nitrogens with zero attached hydrogens (tertiary/aromatic N) is 5. The average molecular weight is 390 g/mol. The highest BCUT2D eigenvalue weighted by Crippen LogP contribution is 2.30. The van der Waals surface area contributed by atoms with Crippen molar-refractivity contribution in [3.8, 4) is 17.0 Å². The molecule has 1 N–H and O–H groups in total. The van der Waals surface area contributed by atoms with Gasteiger partial charge < -0.3 is 9.47 Å². The minimum absolute atomic E-state index is 0.440. The fourth-order valence-electron chi connectivity index (χ4n) is 3.75. The standard InChI is InChI=1S/C21H22N6O2/c1-13-15-5-7-19-16-10-14(4-6-18(16)23-24-19)17-11-22-26(2)20(17)12-28-8-9-29-21(15)27(3)25-13/h4-7,10-11H,8-9,12H2,1-3H3,(H,23,24)/b7-5+. The number of rotatable bonds is 0. The van der Waals surface area contributed by atoms with E-state index in [-0.39, 0.29) is 0 Å².